The summed E-state index contributed by atoms with van der Waals surface area (Å²) in [5, 5.41) is 3.46. The molecule has 0 spiro atoms. The Hall–Kier alpha value is -0.340. The molecule has 0 fully saturated rings. The van der Waals surface area contributed by atoms with Crippen molar-refractivity contribution in [2.45, 2.75) is 39.3 Å². The fourth-order valence-electron chi connectivity index (χ4n) is 1.34. The van der Waals surface area contributed by atoms with Gasteiger partial charge in [0.15, 0.2) is 0 Å². The number of likely N-dealkylation sites (N-methyl/N-ethyl adjacent to an activating group) is 1. The average molecular weight is 184 g/mol. The first kappa shape index (κ1) is 12.7. The molecule has 0 aliphatic heterocycles. The van der Waals surface area contributed by atoms with Gasteiger partial charge in [0.2, 0.25) is 0 Å². The highest BCUT2D eigenvalue weighted by Gasteiger charge is 2.10. The van der Waals surface area contributed by atoms with E-state index in [1.807, 2.05) is 6.08 Å². The first-order valence-electron chi connectivity index (χ1n) is 5.16. The smallest absolute Gasteiger partial charge is 0.0218 e. The highest BCUT2D eigenvalue weighted by atomic mass is 15.1. The predicted octanol–water partition coefficient (Wildman–Crippen LogP) is 1.88. The maximum Gasteiger partial charge on any atom is 0.0218 e. The summed E-state index contributed by atoms with van der Waals surface area (Å²) in [5.74, 6) is 0. The highest BCUT2D eigenvalue weighted by molar-refractivity contribution is 4.78. The Morgan fingerprint density at radius 1 is 1.46 bits per heavy atom. The summed E-state index contributed by atoms with van der Waals surface area (Å²) in [6.45, 7) is 12.4. The third kappa shape index (κ3) is 5.83. The Balaban J connectivity index is 3.79. The zero-order chi connectivity index (χ0) is 10.3. The number of hydrogen-bond donors (Lipinski definition) is 1. The van der Waals surface area contributed by atoms with E-state index in [0.717, 1.165) is 13.1 Å². The van der Waals surface area contributed by atoms with Crippen LogP contribution in [0.4, 0.5) is 0 Å². The zero-order valence-corrected chi connectivity index (χ0v) is 9.51. The molecule has 0 aliphatic rings. The van der Waals surface area contributed by atoms with E-state index in [0.29, 0.717) is 12.1 Å². The monoisotopic (exact) mass is 184 g/mol. The molecule has 0 aromatic heterocycles. The van der Waals surface area contributed by atoms with Crippen LogP contribution in [-0.2, 0) is 0 Å². The normalized spacial score (nSPS) is 13.7. The molecule has 0 saturated heterocycles. The summed E-state index contributed by atoms with van der Waals surface area (Å²) >= 11 is 0. The Morgan fingerprint density at radius 2 is 2.08 bits per heavy atom. The van der Waals surface area contributed by atoms with Crippen LogP contribution in [0.5, 0.6) is 0 Å². The van der Waals surface area contributed by atoms with Crippen molar-refractivity contribution in [2.75, 3.05) is 20.1 Å². The zero-order valence-electron chi connectivity index (χ0n) is 9.51. The molecule has 78 valence electrons. The molecule has 13 heavy (non-hydrogen) atoms. The number of hydrogen-bond acceptors (Lipinski definition) is 2. The number of nitrogens with zero attached hydrogens (tertiary/aromatic N) is 1. The second-order valence-corrected chi connectivity index (χ2v) is 3.85. The van der Waals surface area contributed by atoms with Gasteiger partial charge in [0.25, 0.3) is 0 Å². The molecule has 0 aromatic rings. The first-order valence-corrected chi connectivity index (χ1v) is 5.16. The minimum absolute atomic E-state index is 0.575. The van der Waals surface area contributed by atoms with E-state index >= 15 is 0 Å². The van der Waals surface area contributed by atoms with Gasteiger partial charge in [-0.25, -0.2) is 0 Å². The molecule has 1 atom stereocenters. The van der Waals surface area contributed by atoms with Gasteiger partial charge in [-0.2, -0.15) is 0 Å². The van der Waals surface area contributed by atoms with E-state index in [-0.39, 0.29) is 0 Å². The second kappa shape index (κ2) is 7.10. The van der Waals surface area contributed by atoms with Crippen LogP contribution < -0.4 is 5.32 Å². The maximum absolute atomic E-state index is 3.75. The van der Waals surface area contributed by atoms with Crippen LogP contribution in [0, 0.1) is 0 Å². The third-order valence-corrected chi connectivity index (χ3v) is 2.27. The Labute approximate surface area is 83.0 Å². The van der Waals surface area contributed by atoms with Crippen LogP contribution >= 0.6 is 0 Å². The summed E-state index contributed by atoms with van der Waals surface area (Å²) < 4.78 is 0. The minimum atomic E-state index is 0.575. The summed E-state index contributed by atoms with van der Waals surface area (Å²) in [7, 11) is 2.15. The van der Waals surface area contributed by atoms with Gasteiger partial charge in [-0.1, -0.05) is 26.8 Å². The van der Waals surface area contributed by atoms with Gasteiger partial charge in [-0.05, 0) is 13.5 Å². The average Bonchev–Trinajstić information content (AvgIpc) is 2.05. The molecular formula is C11H24N2. The standard InChI is InChI=1S/C11H24N2/c1-6-8-13(5)11(7-2)9-12-10(3)4/h6,10-12H,1,7-9H2,2-5H3. The lowest BCUT2D eigenvalue weighted by molar-refractivity contribution is 0.247. The Morgan fingerprint density at radius 3 is 2.46 bits per heavy atom. The van der Waals surface area contributed by atoms with E-state index in [9.17, 15) is 0 Å². The fraction of sp³-hybridized carbons (Fsp3) is 0.818. The highest BCUT2D eigenvalue weighted by Crippen LogP contribution is 2.00. The number of rotatable bonds is 7. The van der Waals surface area contributed by atoms with Gasteiger partial charge in [0.1, 0.15) is 0 Å². The summed E-state index contributed by atoms with van der Waals surface area (Å²) in [5.41, 5.74) is 0. The van der Waals surface area contributed by atoms with Crippen LogP contribution in [0.2, 0.25) is 0 Å². The molecule has 0 amide bonds. The molecule has 0 saturated carbocycles. The molecule has 2 heteroatoms. The first-order chi connectivity index (χ1) is 6.11. The molecule has 1 N–H and O–H groups in total. The summed E-state index contributed by atoms with van der Waals surface area (Å²) in [6, 6.07) is 1.20. The molecule has 1 unspecified atom stereocenters. The van der Waals surface area contributed by atoms with Crippen LogP contribution in [0.3, 0.4) is 0 Å². The fourth-order valence-corrected chi connectivity index (χ4v) is 1.34. The Kier molecular flexibility index (Phi) is 6.92. The van der Waals surface area contributed by atoms with Gasteiger partial charge < -0.3 is 5.32 Å². The minimum Gasteiger partial charge on any atom is -0.313 e. The lowest BCUT2D eigenvalue weighted by atomic mass is 10.2. The van der Waals surface area contributed by atoms with Crippen molar-refractivity contribution in [3.63, 3.8) is 0 Å². The third-order valence-electron chi connectivity index (χ3n) is 2.27. The van der Waals surface area contributed by atoms with Crippen molar-refractivity contribution in [3.05, 3.63) is 12.7 Å². The van der Waals surface area contributed by atoms with E-state index in [1.54, 1.807) is 0 Å². The predicted molar refractivity (Wildman–Crippen MR) is 60.0 cm³/mol. The molecule has 0 radical (unpaired) electrons. The molecule has 0 rings (SSSR count). The molecule has 0 aliphatic carbocycles. The molecular weight excluding hydrogens is 160 g/mol. The molecule has 0 aromatic carbocycles. The van der Waals surface area contributed by atoms with Gasteiger partial charge in [0, 0.05) is 25.2 Å². The lowest BCUT2D eigenvalue weighted by Gasteiger charge is -2.27. The summed E-state index contributed by atoms with van der Waals surface area (Å²) in [4.78, 5) is 2.34. The topological polar surface area (TPSA) is 15.3 Å². The van der Waals surface area contributed by atoms with Gasteiger partial charge >= 0.3 is 0 Å². The number of nitrogens with one attached hydrogen (secondary N) is 1. The van der Waals surface area contributed by atoms with Gasteiger partial charge in [0.05, 0.1) is 0 Å². The van der Waals surface area contributed by atoms with Crippen molar-refractivity contribution < 1.29 is 0 Å². The molecule has 2 nitrogen and oxygen atoms in total. The Bertz CT molecular complexity index is 132. The van der Waals surface area contributed by atoms with E-state index in [2.05, 4.69) is 44.6 Å². The van der Waals surface area contributed by atoms with Crippen LogP contribution in [0.15, 0.2) is 12.7 Å². The molecule has 0 heterocycles. The SMILES string of the molecule is C=CCN(C)C(CC)CNC(C)C. The van der Waals surface area contributed by atoms with Crippen LogP contribution in [0.1, 0.15) is 27.2 Å². The van der Waals surface area contributed by atoms with Crippen LogP contribution in [-0.4, -0.2) is 37.1 Å². The quantitative estimate of drug-likeness (QED) is 0.608. The lowest BCUT2D eigenvalue weighted by Crippen LogP contribution is -2.41. The van der Waals surface area contributed by atoms with Gasteiger partial charge in [-0.15, -0.1) is 6.58 Å². The maximum atomic E-state index is 3.75. The van der Waals surface area contributed by atoms with E-state index in [1.165, 1.54) is 6.42 Å². The van der Waals surface area contributed by atoms with Crippen molar-refractivity contribution in [2.24, 2.45) is 0 Å². The van der Waals surface area contributed by atoms with E-state index in [4.69, 9.17) is 0 Å². The summed E-state index contributed by atoms with van der Waals surface area (Å²) in [6.07, 6.45) is 3.14. The van der Waals surface area contributed by atoms with Crippen molar-refractivity contribution in [1.82, 2.24) is 10.2 Å². The van der Waals surface area contributed by atoms with Crippen molar-refractivity contribution >= 4 is 0 Å². The molecule has 0 bridgehead atoms. The largest absolute Gasteiger partial charge is 0.313 e. The van der Waals surface area contributed by atoms with Crippen molar-refractivity contribution in [1.29, 1.82) is 0 Å². The van der Waals surface area contributed by atoms with Crippen molar-refractivity contribution in [3.8, 4) is 0 Å². The van der Waals surface area contributed by atoms with Gasteiger partial charge in [-0.3, -0.25) is 4.90 Å². The van der Waals surface area contributed by atoms with E-state index < -0.39 is 0 Å². The second-order valence-electron chi connectivity index (χ2n) is 3.85. The van der Waals surface area contributed by atoms with Crippen LogP contribution in [0.25, 0.3) is 0 Å².